The normalized spacial score (nSPS) is 17.4. The number of hydrogen-bond acceptors (Lipinski definition) is 5. The van der Waals surface area contributed by atoms with Gasteiger partial charge in [0.15, 0.2) is 0 Å². The fourth-order valence-electron chi connectivity index (χ4n) is 4.14. The summed E-state index contributed by atoms with van der Waals surface area (Å²) in [6.07, 6.45) is 7.65. The Kier molecular flexibility index (Phi) is 5.29. The van der Waals surface area contributed by atoms with Crippen LogP contribution in [0.15, 0.2) is 23.5 Å². The first-order valence-corrected chi connectivity index (χ1v) is 11.0. The van der Waals surface area contributed by atoms with E-state index in [1.165, 1.54) is 0 Å². The van der Waals surface area contributed by atoms with E-state index in [2.05, 4.69) is 17.0 Å². The smallest absolute Gasteiger partial charge is 0.262 e. The van der Waals surface area contributed by atoms with Gasteiger partial charge in [-0.05, 0) is 45.6 Å². The molecule has 0 saturated carbocycles. The Bertz CT molecular complexity index is 1110. The number of hydrogen-bond donors (Lipinski definition) is 0. The maximum atomic E-state index is 13.3. The topological polar surface area (TPSA) is 73.0 Å². The van der Waals surface area contributed by atoms with Gasteiger partial charge in [0.05, 0.1) is 29.5 Å². The van der Waals surface area contributed by atoms with Gasteiger partial charge in [-0.3, -0.25) is 18.8 Å². The predicted octanol–water partition coefficient (Wildman–Crippen LogP) is 3.58. The van der Waals surface area contributed by atoms with Crippen molar-refractivity contribution >= 4 is 27.5 Å². The Balaban J connectivity index is 1.62. The Labute approximate surface area is 174 Å². The minimum Gasteiger partial charge on any atom is -0.336 e. The van der Waals surface area contributed by atoms with Crippen molar-refractivity contribution in [1.82, 2.24) is 24.2 Å². The molecule has 1 saturated heterocycles. The third-order valence-electron chi connectivity index (χ3n) is 5.75. The highest BCUT2D eigenvalue weighted by Crippen LogP contribution is 2.28. The lowest BCUT2D eigenvalue weighted by Gasteiger charge is -2.33. The number of aromatic nitrogens is 4. The third-order valence-corrected chi connectivity index (χ3v) is 6.80. The first kappa shape index (κ1) is 19.8. The number of thiophene rings is 1. The molecule has 29 heavy (non-hydrogen) atoms. The average Bonchev–Trinajstić information content (AvgIpc) is 3.32. The number of nitrogens with zero attached hydrogens (tertiary/aromatic N) is 5. The molecule has 4 rings (SSSR count). The number of carbonyl (C=O) groups excluding carboxylic acids is 1. The molecule has 7 nitrogen and oxygen atoms in total. The van der Waals surface area contributed by atoms with E-state index in [4.69, 9.17) is 0 Å². The van der Waals surface area contributed by atoms with Gasteiger partial charge in [-0.2, -0.15) is 5.10 Å². The zero-order chi connectivity index (χ0) is 20.7. The van der Waals surface area contributed by atoms with E-state index < -0.39 is 0 Å². The summed E-state index contributed by atoms with van der Waals surface area (Å²) in [7, 11) is 0. The molecule has 0 N–H and O–H groups in total. The second-order valence-corrected chi connectivity index (χ2v) is 9.18. The second-order valence-electron chi connectivity index (χ2n) is 7.98. The lowest BCUT2D eigenvalue weighted by molar-refractivity contribution is 0.0677. The van der Waals surface area contributed by atoms with E-state index in [1.54, 1.807) is 39.3 Å². The number of piperidine rings is 1. The maximum Gasteiger partial charge on any atom is 0.262 e. The number of aryl methyl sites for hydroxylation is 2. The van der Waals surface area contributed by atoms with E-state index in [0.29, 0.717) is 18.7 Å². The van der Waals surface area contributed by atoms with Crippen LogP contribution in [-0.4, -0.2) is 43.2 Å². The van der Waals surface area contributed by atoms with E-state index in [-0.39, 0.29) is 23.6 Å². The highest BCUT2D eigenvalue weighted by molar-refractivity contribution is 7.18. The van der Waals surface area contributed by atoms with E-state index >= 15 is 0 Å². The molecule has 1 aliphatic rings. The van der Waals surface area contributed by atoms with Gasteiger partial charge >= 0.3 is 0 Å². The SMILES string of the molecule is CCc1c(C)sc2ncn([C@H]3CCCN(C(=O)c4cnn(C(C)C)c4)C3)c(=O)c12. The van der Waals surface area contributed by atoms with Crippen LogP contribution in [0.3, 0.4) is 0 Å². The maximum absolute atomic E-state index is 13.3. The van der Waals surface area contributed by atoms with Crippen LogP contribution in [0.2, 0.25) is 0 Å². The zero-order valence-electron chi connectivity index (χ0n) is 17.4. The molecule has 3 aromatic heterocycles. The van der Waals surface area contributed by atoms with Crippen molar-refractivity contribution < 1.29 is 4.79 Å². The fraction of sp³-hybridized carbons (Fsp3) is 0.524. The molecular weight excluding hydrogens is 386 g/mol. The Morgan fingerprint density at radius 1 is 1.38 bits per heavy atom. The average molecular weight is 414 g/mol. The van der Waals surface area contributed by atoms with Gasteiger partial charge < -0.3 is 4.90 Å². The van der Waals surface area contributed by atoms with Crippen molar-refractivity contribution in [2.75, 3.05) is 13.1 Å². The summed E-state index contributed by atoms with van der Waals surface area (Å²) in [5.74, 6) is -0.0238. The van der Waals surface area contributed by atoms with Crippen molar-refractivity contribution in [3.05, 3.63) is 45.1 Å². The standard InChI is InChI=1S/C21H27N5O2S/c1-5-17-14(4)29-19-18(17)21(28)25(12-22-19)16-7-6-8-24(11-16)20(27)15-9-23-26(10-15)13(2)3/h9-10,12-13,16H,5-8,11H2,1-4H3/t16-/m0/s1. The summed E-state index contributed by atoms with van der Waals surface area (Å²) >= 11 is 1.58. The molecule has 1 fully saturated rings. The fourth-order valence-corrected chi connectivity index (χ4v) is 5.21. The molecular formula is C21H27N5O2S. The molecule has 154 valence electrons. The first-order valence-electron chi connectivity index (χ1n) is 10.2. The van der Waals surface area contributed by atoms with E-state index in [9.17, 15) is 9.59 Å². The van der Waals surface area contributed by atoms with Crippen molar-refractivity contribution in [1.29, 1.82) is 0 Å². The van der Waals surface area contributed by atoms with Crippen LogP contribution in [0.1, 0.15) is 66.5 Å². The van der Waals surface area contributed by atoms with E-state index in [1.807, 2.05) is 25.7 Å². The van der Waals surface area contributed by atoms with Crippen LogP contribution in [0.5, 0.6) is 0 Å². The summed E-state index contributed by atoms with van der Waals surface area (Å²) in [5.41, 5.74) is 1.71. The van der Waals surface area contributed by atoms with Crippen LogP contribution in [0.4, 0.5) is 0 Å². The summed E-state index contributed by atoms with van der Waals surface area (Å²) in [6.45, 7) is 9.40. The molecule has 0 spiro atoms. The second kappa shape index (κ2) is 7.74. The lowest BCUT2D eigenvalue weighted by Crippen LogP contribution is -2.42. The monoisotopic (exact) mass is 413 g/mol. The quantitative estimate of drug-likeness (QED) is 0.655. The Morgan fingerprint density at radius 2 is 2.17 bits per heavy atom. The molecule has 1 aliphatic heterocycles. The van der Waals surface area contributed by atoms with Crippen LogP contribution < -0.4 is 5.56 Å². The minimum absolute atomic E-state index is 0.0168. The molecule has 8 heteroatoms. The third kappa shape index (κ3) is 3.50. The van der Waals surface area contributed by atoms with Gasteiger partial charge in [0.25, 0.3) is 11.5 Å². The molecule has 0 radical (unpaired) electrons. The summed E-state index contributed by atoms with van der Waals surface area (Å²) < 4.78 is 3.53. The van der Waals surface area contributed by atoms with Crippen LogP contribution >= 0.6 is 11.3 Å². The van der Waals surface area contributed by atoms with Gasteiger partial charge in [0.1, 0.15) is 4.83 Å². The molecule has 3 aromatic rings. The molecule has 0 unspecified atom stereocenters. The lowest BCUT2D eigenvalue weighted by atomic mass is 10.0. The minimum atomic E-state index is -0.0536. The van der Waals surface area contributed by atoms with Crippen LogP contribution in [0, 0.1) is 6.92 Å². The number of amides is 1. The molecule has 0 aromatic carbocycles. The highest BCUT2D eigenvalue weighted by Gasteiger charge is 2.28. The van der Waals surface area contributed by atoms with Crippen molar-refractivity contribution in [2.24, 2.45) is 0 Å². The molecule has 0 aliphatic carbocycles. The van der Waals surface area contributed by atoms with Gasteiger partial charge in [-0.25, -0.2) is 4.98 Å². The Hall–Kier alpha value is -2.48. The Morgan fingerprint density at radius 3 is 2.86 bits per heavy atom. The molecule has 0 bridgehead atoms. The number of carbonyl (C=O) groups is 1. The predicted molar refractivity (Wildman–Crippen MR) is 115 cm³/mol. The van der Waals surface area contributed by atoms with Crippen molar-refractivity contribution in [3.8, 4) is 0 Å². The van der Waals surface area contributed by atoms with Crippen LogP contribution in [-0.2, 0) is 6.42 Å². The summed E-state index contributed by atoms with van der Waals surface area (Å²) in [4.78, 5) is 34.6. The molecule has 1 atom stereocenters. The number of fused-ring (bicyclic) bond motifs is 1. The summed E-state index contributed by atoms with van der Waals surface area (Å²) in [6, 6.07) is 0.158. The van der Waals surface area contributed by atoms with Crippen molar-refractivity contribution in [2.45, 2.75) is 59.0 Å². The number of likely N-dealkylation sites (tertiary alicyclic amines) is 1. The van der Waals surface area contributed by atoms with Crippen LogP contribution in [0.25, 0.3) is 10.2 Å². The highest BCUT2D eigenvalue weighted by atomic mass is 32.1. The van der Waals surface area contributed by atoms with Gasteiger partial charge in [-0.15, -0.1) is 11.3 Å². The van der Waals surface area contributed by atoms with Crippen molar-refractivity contribution in [3.63, 3.8) is 0 Å². The van der Waals surface area contributed by atoms with E-state index in [0.717, 1.165) is 39.9 Å². The van der Waals surface area contributed by atoms with Gasteiger partial charge in [0, 0.05) is 30.2 Å². The largest absolute Gasteiger partial charge is 0.336 e. The first-order chi connectivity index (χ1) is 13.9. The van der Waals surface area contributed by atoms with Gasteiger partial charge in [0.2, 0.25) is 0 Å². The van der Waals surface area contributed by atoms with Gasteiger partial charge in [-0.1, -0.05) is 6.92 Å². The molecule has 1 amide bonds. The molecule has 4 heterocycles. The number of rotatable bonds is 4. The summed E-state index contributed by atoms with van der Waals surface area (Å²) in [5, 5.41) is 5.03. The zero-order valence-corrected chi connectivity index (χ0v) is 18.2.